The van der Waals surface area contributed by atoms with Gasteiger partial charge < -0.3 is 15.4 Å². The molecule has 2 N–H and O–H groups in total. The van der Waals surface area contributed by atoms with Gasteiger partial charge in [0.25, 0.3) is 0 Å². The van der Waals surface area contributed by atoms with Gasteiger partial charge in [0.2, 0.25) is 0 Å². The van der Waals surface area contributed by atoms with Crippen molar-refractivity contribution in [3.05, 3.63) is 15.6 Å². The Morgan fingerprint density at radius 2 is 2.04 bits per heavy atom. The number of carbonyl (C=O) groups is 1. The van der Waals surface area contributed by atoms with Crippen molar-refractivity contribution in [2.24, 2.45) is 0 Å². The third-order valence-corrected chi connectivity index (χ3v) is 4.42. The first-order chi connectivity index (χ1) is 10.7. The molecule has 23 heavy (non-hydrogen) atoms. The molecule has 0 bridgehead atoms. The topological polar surface area (TPSA) is 63.2 Å². The summed E-state index contributed by atoms with van der Waals surface area (Å²) >= 11 is 1.73. The summed E-state index contributed by atoms with van der Waals surface area (Å²) in [7, 11) is 0. The van der Waals surface area contributed by atoms with Gasteiger partial charge >= 0.3 is 6.09 Å². The van der Waals surface area contributed by atoms with Crippen molar-refractivity contribution >= 4 is 17.4 Å². The molecule has 1 amide bonds. The number of alkyl carbamates (subject to hydrolysis) is 1. The molecule has 0 radical (unpaired) electrons. The minimum absolute atomic E-state index is 0.240. The van der Waals surface area contributed by atoms with E-state index in [9.17, 15) is 4.79 Å². The molecular formula is C17H31N3O2S. The van der Waals surface area contributed by atoms with Gasteiger partial charge in [-0.1, -0.05) is 19.8 Å². The minimum atomic E-state index is -0.465. The van der Waals surface area contributed by atoms with E-state index in [1.54, 1.807) is 11.3 Å². The molecule has 0 aliphatic rings. The van der Waals surface area contributed by atoms with Crippen LogP contribution in [0.4, 0.5) is 4.79 Å². The standard InChI is InChI=1S/C17H31N3O2S/c1-7-8-9-14(10-19-16(21)22-17(4,5)6)18-11-15-12(2)20-13(3)23-15/h14,18H,7-11H2,1-6H3,(H,19,21). The quantitative estimate of drug-likeness (QED) is 0.752. The van der Waals surface area contributed by atoms with Gasteiger partial charge in [0.1, 0.15) is 5.60 Å². The van der Waals surface area contributed by atoms with Gasteiger partial charge in [0.05, 0.1) is 10.7 Å². The highest BCUT2D eigenvalue weighted by Gasteiger charge is 2.17. The zero-order chi connectivity index (χ0) is 17.5. The van der Waals surface area contributed by atoms with Crippen LogP contribution in [0.3, 0.4) is 0 Å². The molecule has 1 aromatic rings. The minimum Gasteiger partial charge on any atom is -0.444 e. The third kappa shape index (κ3) is 8.32. The van der Waals surface area contributed by atoms with Gasteiger partial charge in [-0.15, -0.1) is 11.3 Å². The predicted octanol–water partition coefficient (Wildman–Crippen LogP) is 3.93. The third-order valence-electron chi connectivity index (χ3n) is 3.35. The number of nitrogens with one attached hydrogen (secondary N) is 2. The summed E-state index contributed by atoms with van der Waals surface area (Å²) in [6, 6.07) is 0.240. The van der Waals surface area contributed by atoms with Crippen LogP contribution in [0.2, 0.25) is 0 Å². The Morgan fingerprint density at radius 1 is 1.35 bits per heavy atom. The smallest absolute Gasteiger partial charge is 0.407 e. The molecule has 1 unspecified atom stereocenters. The summed E-state index contributed by atoms with van der Waals surface area (Å²) in [6.45, 7) is 13.2. The van der Waals surface area contributed by atoms with E-state index in [2.05, 4.69) is 22.5 Å². The van der Waals surface area contributed by atoms with E-state index in [1.807, 2.05) is 34.6 Å². The number of aryl methyl sites for hydroxylation is 2. The van der Waals surface area contributed by atoms with E-state index in [-0.39, 0.29) is 12.1 Å². The van der Waals surface area contributed by atoms with Crippen molar-refractivity contribution in [1.82, 2.24) is 15.6 Å². The van der Waals surface area contributed by atoms with E-state index in [1.165, 1.54) is 4.88 Å². The number of nitrogens with zero attached hydrogens (tertiary/aromatic N) is 1. The van der Waals surface area contributed by atoms with Crippen LogP contribution >= 0.6 is 11.3 Å². The molecule has 1 heterocycles. The highest BCUT2D eigenvalue weighted by Crippen LogP contribution is 2.17. The zero-order valence-electron chi connectivity index (χ0n) is 15.3. The molecule has 0 aliphatic carbocycles. The second kappa shape index (κ2) is 9.23. The molecule has 5 nitrogen and oxygen atoms in total. The molecule has 0 aromatic carbocycles. The Kier molecular flexibility index (Phi) is 7.99. The van der Waals surface area contributed by atoms with Crippen molar-refractivity contribution in [1.29, 1.82) is 0 Å². The lowest BCUT2D eigenvalue weighted by molar-refractivity contribution is 0.0521. The predicted molar refractivity (Wildman–Crippen MR) is 96.0 cm³/mol. The van der Waals surface area contributed by atoms with Crippen molar-refractivity contribution < 1.29 is 9.53 Å². The summed E-state index contributed by atoms with van der Waals surface area (Å²) in [5, 5.41) is 7.51. The lowest BCUT2D eigenvalue weighted by atomic mass is 10.1. The van der Waals surface area contributed by atoms with Gasteiger partial charge in [-0.05, 0) is 41.0 Å². The Bertz CT molecular complexity index is 495. The number of carbonyl (C=O) groups excluding carboxylic acids is 1. The number of hydrogen-bond acceptors (Lipinski definition) is 5. The maximum Gasteiger partial charge on any atom is 0.407 e. The summed E-state index contributed by atoms with van der Waals surface area (Å²) in [5.74, 6) is 0. The second-order valence-corrected chi connectivity index (χ2v) is 8.13. The average Bonchev–Trinajstić information content (AvgIpc) is 2.74. The highest BCUT2D eigenvalue weighted by atomic mass is 32.1. The fraction of sp³-hybridized carbons (Fsp3) is 0.765. The fourth-order valence-electron chi connectivity index (χ4n) is 2.22. The molecule has 0 spiro atoms. The van der Waals surface area contributed by atoms with Gasteiger partial charge in [-0.3, -0.25) is 0 Å². The van der Waals surface area contributed by atoms with Gasteiger partial charge in [-0.2, -0.15) is 0 Å². The van der Waals surface area contributed by atoms with Crippen LogP contribution in [-0.2, 0) is 11.3 Å². The summed E-state index contributed by atoms with van der Waals surface area (Å²) in [6.07, 6.45) is 2.95. The second-order valence-electron chi connectivity index (χ2n) is 6.84. The number of rotatable bonds is 8. The first-order valence-corrected chi connectivity index (χ1v) is 9.16. The maximum atomic E-state index is 11.8. The lowest BCUT2D eigenvalue weighted by Gasteiger charge is -2.22. The van der Waals surface area contributed by atoms with Crippen LogP contribution in [0.5, 0.6) is 0 Å². The molecule has 0 saturated carbocycles. The summed E-state index contributed by atoms with van der Waals surface area (Å²) in [5.41, 5.74) is 0.627. The Balaban J connectivity index is 2.48. The van der Waals surface area contributed by atoms with Crippen LogP contribution in [0.15, 0.2) is 0 Å². The first kappa shape index (κ1) is 19.9. The van der Waals surface area contributed by atoms with Crippen LogP contribution < -0.4 is 10.6 Å². The number of hydrogen-bond donors (Lipinski definition) is 2. The molecule has 132 valence electrons. The molecule has 0 saturated heterocycles. The summed E-state index contributed by atoms with van der Waals surface area (Å²) < 4.78 is 5.29. The molecule has 1 aromatic heterocycles. The molecule has 1 rings (SSSR count). The van der Waals surface area contributed by atoms with Crippen molar-refractivity contribution in [2.45, 2.75) is 79.0 Å². The van der Waals surface area contributed by atoms with Crippen LogP contribution in [-0.4, -0.2) is 29.3 Å². The van der Waals surface area contributed by atoms with Gasteiger partial charge in [0.15, 0.2) is 0 Å². The number of aromatic nitrogens is 1. The van der Waals surface area contributed by atoms with Crippen molar-refractivity contribution in [3.63, 3.8) is 0 Å². The van der Waals surface area contributed by atoms with Gasteiger partial charge in [0, 0.05) is 24.0 Å². The normalized spacial score (nSPS) is 13.0. The zero-order valence-corrected chi connectivity index (χ0v) is 16.1. The fourth-order valence-corrected chi connectivity index (χ4v) is 3.11. The van der Waals surface area contributed by atoms with Crippen LogP contribution in [0, 0.1) is 13.8 Å². The molecule has 1 atom stereocenters. The van der Waals surface area contributed by atoms with Crippen molar-refractivity contribution in [3.8, 4) is 0 Å². The van der Waals surface area contributed by atoms with Crippen LogP contribution in [0.25, 0.3) is 0 Å². The maximum absolute atomic E-state index is 11.8. The van der Waals surface area contributed by atoms with E-state index in [4.69, 9.17) is 4.74 Å². The Labute approximate surface area is 144 Å². The van der Waals surface area contributed by atoms with Crippen LogP contribution in [0.1, 0.15) is 62.5 Å². The number of ether oxygens (including phenoxy) is 1. The van der Waals surface area contributed by atoms with Gasteiger partial charge in [-0.25, -0.2) is 9.78 Å². The lowest BCUT2D eigenvalue weighted by Crippen LogP contribution is -2.42. The largest absolute Gasteiger partial charge is 0.444 e. The molecule has 0 fully saturated rings. The van der Waals surface area contributed by atoms with E-state index in [0.717, 1.165) is 36.5 Å². The summed E-state index contributed by atoms with van der Waals surface area (Å²) in [4.78, 5) is 17.5. The van der Waals surface area contributed by atoms with E-state index in [0.29, 0.717) is 6.54 Å². The van der Waals surface area contributed by atoms with Crippen molar-refractivity contribution in [2.75, 3.05) is 6.54 Å². The highest BCUT2D eigenvalue weighted by molar-refractivity contribution is 7.11. The SMILES string of the molecule is CCCCC(CNC(=O)OC(C)(C)C)NCc1sc(C)nc1C. The number of amides is 1. The van der Waals surface area contributed by atoms with E-state index >= 15 is 0 Å². The molecular weight excluding hydrogens is 310 g/mol. The monoisotopic (exact) mass is 341 g/mol. The molecule has 0 aliphatic heterocycles. The number of unbranched alkanes of at least 4 members (excludes halogenated alkanes) is 1. The Hall–Kier alpha value is -1.14. The van der Waals surface area contributed by atoms with E-state index < -0.39 is 5.60 Å². The molecule has 6 heteroatoms. The first-order valence-electron chi connectivity index (χ1n) is 8.34. The Morgan fingerprint density at radius 3 is 2.57 bits per heavy atom. The average molecular weight is 342 g/mol. The number of thiazole rings is 1.